The summed E-state index contributed by atoms with van der Waals surface area (Å²) >= 11 is 1.36. The van der Waals surface area contributed by atoms with E-state index in [1.54, 1.807) is 31.2 Å². The van der Waals surface area contributed by atoms with E-state index in [0.29, 0.717) is 29.3 Å². The van der Waals surface area contributed by atoms with Crippen LogP contribution in [0.2, 0.25) is 0 Å². The molecule has 9 heteroatoms. The Labute approximate surface area is 182 Å². The van der Waals surface area contributed by atoms with E-state index in [2.05, 4.69) is 53.4 Å². The minimum atomic E-state index is -0.393. The van der Waals surface area contributed by atoms with Crippen LogP contribution < -0.4 is 15.5 Å². The van der Waals surface area contributed by atoms with Crippen LogP contribution in [0.25, 0.3) is 0 Å². The highest BCUT2D eigenvalue weighted by Gasteiger charge is 2.16. The zero-order valence-electron chi connectivity index (χ0n) is 18.3. The van der Waals surface area contributed by atoms with Gasteiger partial charge in [0.15, 0.2) is 0 Å². The fourth-order valence-corrected chi connectivity index (χ4v) is 3.61. The van der Waals surface area contributed by atoms with Crippen LogP contribution in [0.4, 0.5) is 20.7 Å². The monoisotopic (exact) mass is 433 g/mol. The van der Waals surface area contributed by atoms with E-state index in [4.69, 9.17) is 4.74 Å². The van der Waals surface area contributed by atoms with Gasteiger partial charge in [-0.05, 0) is 36.5 Å². The molecule has 2 rings (SSSR count). The molecule has 30 heavy (non-hydrogen) atoms. The molecule has 1 aromatic carbocycles. The van der Waals surface area contributed by atoms with Crippen molar-refractivity contribution in [2.24, 2.45) is 11.8 Å². The Morgan fingerprint density at radius 1 is 1.03 bits per heavy atom. The number of benzene rings is 1. The molecule has 0 aliphatic heterocycles. The van der Waals surface area contributed by atoms with E-state index in [-0.39, 0.29) is 12.4 Å². The van der Waals surface area contributed by atoms with Crippen LogP contribution >= 0.6 is 11.3 Å². The van der Waals surface area contributed by atoms with Gasteiger partial charge in [0.2, 0.25) is 10.3 Å². The van der Waals surface area contributed by atoms with Gasteiger partial charge in [-0.1, -0.05) is 51.2 Å². The minimum Gasteiger partial charge on any atom is -0.466 e. The second kappa shape index (κ2) is 11.5. The first-order valence-corrected chi connectivity index (χ1v) is 11.0. The molecule has 2 amide bonds. The third-order valence-corrected chi connectivity index (χ3v) is 4.84. The number of ether oxygens (including phenoxy) is 1. The summed E-state index contributed by atoms with van der Waals surface area (Å²) in [5.41, 5.74) is 1.44. The van der Waals surface area contributed by atoms with Gasteiger partial charge in [-0.25, -0.2) is 4.79 Å². The number of rotatable bonds is 10. The van der Waals surface area contributed by atoms with E-state index in [1.165, 1.54) is 11.3 Å². The van der Waals surface area contributed by atoms with Crippen molar-refractivity contribution in [3.63, 3.8) is 0 Å². The maximum absolute atomic E-state index is 12.3. The van der Waals surface area contributed by atoms with Gasteiger partial charge in [0.05, 0.1) is 13.0 Å². The Balaban J connectivity index is 1.92. The number of esters is 1. The van der Waals surface area contributed by atoms with Gasteiger partial charge in [-0.2, -0.15) is 0 Å². The van der Waals surface area contributed by atoms with E-state index in [9.17, 15) is 9.59 Å². The summed E-state index contributed by atoms with van der Waals surface area (Å²) in [7, 11) is 0. The molecule has 0 atom stereocenters. The maximum Gasteiger partial charge on any atom is 0.325 e. The second-order valence-corrected chi connectivity index (χ2v) is 8.80. The summed E-state index contributed by atoms with van der Waals surface area (Å²) in [6.45, 7) is 12.6. The standard InChI is InChI=1S/C21H31N5O3S/c1-6-29-18(27)11-16-7-9-17(10-8-16)22-19(28)23-20-24-25-21(30-20)26(12-14(2)3)13-15(4)5/h7-10,14-15H,6,11-13H2,1-5H3,(H2,22,23,24,28). The van der Waals surface area contributed by atoms with Gasteiger partial charge >= 0.3 is 12.0 Å². The molecule has 0 unspecified atom stereocenters. The number of aromatic nitrogens is 2. The van der Waals surface area contributed by atoms with Crippen LogP contribution in [0, 0.1) is 11.8 Å². The first-order chi connectivity index (χ1) is 14.3. The van der Waals surface area contributed by atoms with Gasteiger partial charge < -0.3 is 15.0 Å². The van der Waals surface area contributed by atoms with Gasteiger partial charge in [0, 0.05) is 18.8 Å². The van der Waals surface area contributed by atoms with E-state index in [0.717, 1.165) is 23.8 Å². The number of nitrogens with zero attached hydrogens (tertiary/aromatic N) is 3. The molecule has 0 saturated heterocycles. The zero-order chi connectivity index (χ0) is 22.1. The van der Waals surface area contributed by atoms with Crippen molar-refractivity contribution in [1.29, 1.82) is 0 Å². The van der Waals surface area contributed by atoms with Crippen LogP contribution in [0.5, 0.6) is 0 Å². The summed E-state index contributed by atoms with van der Waals surface area (Å²) in [5.74, 6) is 0.727. The van der Waals surface area contributed by atoms with Crippen LogP contribution in [0.3, 0.4) is 0 Å². The van der Waals surface area contributed by atoms with Gasteiger partial charge in [-0.15, -0.1) is 10.2 Å². The Kier molecular flexibility index (Phi) is 9.04. The number of anilines is 3. The average Bonchev–Trinajstić information content (AvgIpc) is 3.10. The molecule has 0 saturated carbocycles. The Bertz CT molecular complexity index is 810. The van der Waals surface area contributed by atoms with Crippen molar-refractivity contribution in [1.82, 2.24) is 10.2 Å². The summed E-state index contributed by atoms with van der Waals surface area (Å²) in [6.07, 6.45) is 0.205. The van der Waals surface area contributed by atoms with E-state index in [1.807, 2.05) is 0 Å². The van der Waals surface area contributed by atoms with Crippen LogP contribution in [0.15, 0.2) is 24.3 Å². The highest BCUT2D eigenvalue weighted by Crippen LogP contribution is 2.26. The molecule has 0 spiro atoms. The molecule has 2 aromatic rings. The lowest BCUT2D eigenvalue weighted by atomic mass is 10.1. The first kappa shape index (κ1) is 23.6. The van der Waals surface area contributed by atoms with Crippen LogP contribution in [-0.2, 0) is 16.0 Å². The summed E-state index contributed by atoms with van der Waals surface area (Å²) in [4.78, 5) is 26.0. The Hall–Kier alpha value is -2.68. The number of carbonyl (C=O) groups excluding carboxylic acids is 2. The number of amides is 2. The fourth-order valence-electron chi connectivity index (χ4n) is 2.85. The number of hydrogen-bond acceptors (Lipinski definition) is 7. The van der Waals surface area contributed by atoms with Gasteiger partial charge in [-0.3, -0.25) is 10.1 Å². The molecule has 0 bridgehead atoms. The van der Waals surface area contributed by atoms with Crippen molar-refractivity contribution in [3.8, 4) is 0 Å². The summed E-state index contributed by atoms with van der Waals surface area (Å²) in [5, 5.41) is 15.1. The molecule has 8 nitrogen and oxygen atoms in total. The topological polar surface area (TPSA) is 96.4 Å². The molecular weight excluding hydrogens is 402 g/mol. The number of urea groups is 1. The van der Waals surface area contributed by atoms with Crippen molar-refractivity contribution in [2.45, 2.75) is 41.0 Å². The van der Waals surface area contributed by atoms with Gasteiger partial charge in [0.1, 0.15) is 0 Å². The average molecular weight is 434 g/mol. The largest absolute Gasteiger partial charge is 0.466 e. The summed E-state index contributed by atoms with van der Waals surface area (Å²) < 4.78 is 4.93. The smallest absolute Gasteiger partial charge is 0.325 e. The molecule has 0 aliphatic carbocycles. The molecule has 0 fully saturated rings. The lowest BCUT2D eigenvalue weighted by molar-refractivity contribution is -0.142. The number of nitrogens with one attached hydrogen (secondary N) is 2. The summed E-state index contributed by atoms with van der Waals surface area (Å²) in [6, 6.07) is 6.66. The van der Waals surface area contributed by atoms with Crippen LogP contribution in [-0.4, -0.2) is 41.9 Å². The molecule has 2 N–H and O–H groups in total. The first-order valence-electron chi connectivity index (χ1n) is 10.2. The quantitative estimate of drug-likeness (QED) is 0.539. The number of carbonyl (C=O) groups is 2. The van der Waals surface area contributed by atoms with E-state index < -0.39 is 6.03 Å². The minimum absolute atomic E-state index is 0.205. The third kappa shape index (κ3) is 7.98. The fraction of sp³-hybridized carbons (Fsp3) is 0.524. The molecule has 1 heterocycles. The maximum atomic E-state index is 12.3. The normalized spacial score (nSPS) is 10.9. The van der Waals surface area contributed by atoms with Crippen LogP contribution in [0.1, 0.15) is 40.2 Å². The third-order valence-electron chi connectivity index (χ3n) is 3.94. The molecule has 1 aromatic heterocycles. The Morgan fingerprint density at radius 3 is 2.23 bits per heavy atom. The van der Waals surface area contributed by atoms with Crippen molar-refractivity contribution < 1.29 is 14.3 Å². The Morgan fingerprint density at radius 2 is 1.67 bits per heavy atom. The van der Waals surface area contributed by atoms with Crippen molar-refractivity contribution in [3.05, 3.63) is 29.8 Å². The van der Waals surface area contributed by atoms with E-state index >= 15 is 0 Å². The zero-order valence-corrected chi connectivity index (χ0v) is 19.1. The molecule has 0 aliphatic rings. The highest BCUT2D eigenvalue weighted by molar-refractivity contribution is 7.19. The predicted octanol–water partition coefficient (Wildman–Crippen LogP) is 4.41. The highest BCUT2D eigenvalue weighted by atomic mass is 32.1. The molecule has 0 radical (unpaired) electrons. The van der Waals surface area contributed by atoms with Crippen molar-refractivity contribution in [2.75, 3.05) is 35.2 Å². The van der Waals surface area contributed by atoms with Gasteiger partial charge in [0.25, 0.3) is 0 Å². The van der Waals surface area contributed by atoms with Crippen molar-refractivity contribution >= 4 is 39.3 Å². The number of hydrogen-bond donors (Lipinski definition) is 2. The predicted molar refractivity (Wildman–Crippen MR) is 121 cm³/mol. The molecular formula is C21H31N5O3S. The molecule has 164 valence electrons. The lowest BCUT2D eigenvalue weighted by Gasteiger charge is -2.25. The second-order valence-electron chi connectivity index (χ2n) is 7.84. The lowest BCUT2D eigenvalue weighted by Crippen LogP contribution is -2.31. The SMILES string of the molecule is CCOC(=O)Cc1ccc(NC(=O)Nc2nnc(N(CC(C)C)CC(C)C)s2)cc1.